The minimum absolute atomic E-state index is 0.183. The summed E-state index contributed by atoms with van der Waals surface area (Å²) in [7, 11) is 3.63. The molecule has 0 fully saturated rings. The number of carbonyl (C=O) groups is 1. The molecule has 0 bridgehead atoms. The summed E-state index contributed by atoms with van der Waals surface area (Å²) < 4.78 is 7.44. The average molecular weight is 316 g/mol. The van der Waals surface area contributed by atoms with Crippen molar-refractivity contribution in [3.63, 3.8) is 0 Å². The summed E-state index contributed by atoms with van der Waals surface area (Å²) in [4.78, 5) is 16.1. The highest BCUT2D eigenvalue weighted by atomic mass is 16.5. The lowest BCUT2D eigenvalue weighted by atomic mass is 10.0. The van der Waals surface area contributed by atoms with Crippen LogP contribution in [0.4, 0.5) is 0 Å². The molecular formula is C17H24N4O2. The number of rotatable bonds is 4. The summed E-state index contributed by atoms with van der Waals surface area (Å²) >= 11 is 0. The lowest BCUT2D eigenvalue weighted by molar-refractivity contribution is -0.129. The number of amides is 1. The van der Waals surface area contributed by atoms with Gasteiger partial charge in [0.15, 0.2) is 0 Å². The van der Waals surface area contributed by atoms with E-state index < -0.39 is 0 Å². The monoisotopic (exact) mass is 316 g/mol. The maximum Gasteiger partial charge on any atom is 0.222 e. The highest BCUT2D eigenvalue weighted by Gasteiger charge is 2.24. The number of aromatic nitrogens is 2. The molecule has 0 aromatic carbocycles. The molecule has 3 heterocycles. The predicted molar refractivity (Wildman–Crippen MR) is 86.6 cm³/mol. The summed E-state index contributed by atoms with van der Waals surface area (Å²) in [5.74, 6) is 1.31. The molecule has 124 valence electrons. The number of hydrogen-bond acceptors (Lipinski definition) is 4. The molecule has 0 saturated carbocycles. The quantitative estimate of drug-likeness (QED) is 0.864. The van der Waals surface area contributed by atoms with Crippen LogP contribution in [0.25, 0.3) is 0 Å². The number of carbonyl (C=O) groups excluding carboxylic acids is 1. The fraction of sp³-hybridized carbons (Fsp3) is 0.529. The van der Waals surface area contributed by atoms with Gasteiger partial charge in [0.05, 0.1) is 5.69 Å². The molecule has 3 rings (SSSR count). The van der Waals surface area contributed by atoms with Gasteiger partial charge in [0, 0.05) is 64.7 Å². The van der Waals surface area contributed by atoms with Crippen molar-refractivity contribution < 1.29 is 9.32 Å². The van der Waals surface area contributed by atoms with Crippen molar-refractivity contribution in [1.29, 1.82) is 0 Å². The van der Waals surface area contributed by atoms with Crippen LogP contribution in [0.5, 0.6) is 0 Å². The highest BCUT2D eigenvalue weighted by molar-refractivity contribution is 5.75. The van der Waals surface area contributed by atoms with Gasteiger partial charge in [-0.3, -0.25) is 9.69 Å². The van der Waals surface area contributed by atoms with Crippen LogP contribution in [0.15, 0.2) is 28.9 Å². The first-order valence-corrected chi connectivity index (χ1v) is 8.00. The maximum absolute atomic E-state index is 12.1. The van der Waals surface area contributed by atoms with Gasteiger partial charge in [-0.05, 0) is 25.0 Å². The molecule has 0 N–H and O–H groups in total. The molecule has 0 spiro atoms. The SMILES string of the molecule is Cc1cc(CN2Cc3cccn3CC(CC(=O)N(C)C)C2)no1. The number of fused-ring (bicyclic) bond motifs is 1. The third kappa shape index (κ3) is 3.82. The molecule has 6 nitrogen and oxygen atoms in total. The van der Waals surface area contributed by atoms with Gasteiger partial charge in [-0.15, -0.1) is 0 Å². The summed E-state index contributed by atoms with van der Waals surface area (Å²) in [6.45, 7) is 5.28. The summed E-state index contributed by atoms with van der Waals surface area (Å²) in [5.41, 5.74) is 2.23. The predicted octanol–water partition coefficient (Wildman–Crippen LogP) is 1.89. The van der Waals surface area contributed by atoms with Gasteiger partial charge in [-0.2, -0.15) is 0 Å². The third-order valence-corrected chi connectivity index (χ3v) is 4.30. The molecule has 23 heavy (non-hydrogen) atoms. The Morgan fingerprint density at radius 1 is 1.43 bits per heavy atom. The molecule has 6 heteroatoms. The van der Waals surface area contributed by atoms with E-state index in [2.05, 4.69) is 33.0 Å². The van der Waals surface area contributed by atoms with Crippen LogP contribution in [-0.2, 0) is 24.4 Å². The average Bonchev–Trinajstić information content (AvgIpc) is 3.04. The fourth-order valence-corrected chi connectivity index (χ4v) is 3.17. The zero-order chi connectivity index (χ0) is 16.4. The van der Waals surface area contributed by atoms with Crippen LogP contribution in [0, 0.1) is 12.8 Å². The summed E-state index contributed by atoms with van der Waals surface area (Å²) in [6, 6.07) is 6.20. The second-order valence-corrected chi connectivity index (χ2v) is 6.61. The van der Waals surface area contributed by atoms with Crippen LogP contribution < -0.4 is 0 Å². The van der Waals surface area contributed by atoms with E-state index in [0.717, 1.165) is 37.6 Å². The molecule has 1 amide bonds. The van der Waals surface area contributed by atoms with Crippen LogP contribution in [0.2, 0.25) is 0 Å². The summed E-state index contributed by atoms with van der Waals surface area (Å²) in [6.07, 6.45) is 2.67. The molecule has 1 aliphatic rings. The van der Waals surface area contributed by atoms with Gasteiger partial charge < -0.3 is 14.0 Å². The van der Waals surface area contributed by atoms with Gasteiger partial charge in [0.1, 0.15) is 5.76 Å². The summed E-state index contributed by atoms with van der Waals surface area (Å²) in [5, 5.41) is 4.10. The van der Waals surface area contributed by atoms with E-state index in [0.29, 0.717) is 12.3 Å². The second-order valence-electron chi connectivity index (χ2n) is 6.61. The molecule has 0 aliphatic carbocycles. The van der Waals surface area contributed by atoms with Crippen molar-refractivity contribution in [2.24, 2.45) is 5.92 Å². The van der Waals surface area contributed by atoms with E-state index in [9.17, 15) is 4.79 Å². The second kappa shape index (κ2) is 6.58. The lowest BCUT2D eigenvalue weighted by Crippen LogP contribution is -2.32. The molecule has 1 aliphatic heterocycles. The van der Waals surface area contributed by atoms with E-state index in [1.165, 1.54) is 5.69 Å². The van der Waals surface area contributed by atoms with E-state index in [-0.39, 0.29) is 5.91 Å². The third-order valence-electron chi connectivity index (χ3n) is 4.30. The van der Waals surface area contributed by atoms with Crippen molar-refractivity contribution in [1.82, 2.24) is 19.5 Å². The Balaban J connectivity index is 1.75. The van der Waals surface area contributed by atoms with E-state index in [1.807, 2.05) is 27.1 Å². The standard InChI is InChI=1S/C17H24N4O2/c1-13-7-15(18-23-13)11-20-9-14(8-17(22)19(2)3)10-21-6-4-5-16(21)12-20/h4-7,14H,8-12H2,1-3H3. The Bertz CT molecular complexity index is 674. The molecule has 0 saturated heterocycles. The van der Waals surface area contributed by atoms with E-state index in [4.69, 9.17) is 4.52 Å². The molecule has 1 unspecified atom stereocenters. The number of aryl methyl sites for hydroxylation is 1. The minimum Gasteiger partial charge on any atom is -0.361 e. The Hall–Kier alpha value is -2.08. The Morgan fingerprint density at radius 2 is 2.26 bits per heavy atom. The first-order chi connectivity index (χ1) is 11.0. The smallest absolute Gasteiger partial charge is 0.222 e. The van der Waals surface area contributed by atoms with Crippen LogP contribution >= 0.6 is 0 Å². The Morgan fingerprint density at radius 3 is 2.96 bits per heavy atom. The van der Waals surface area contributed by atoms with Gasteiger partial charge >= 0.3 is 0 Å². The van der Waals surface area contributed by atoms with Crippen molar-refractivity contribution >= 4 is 5.91 Å². The minimum atomic E-state index is 0.183. The fourth-order valence-electron chi connectivity index (χ4n) is 3.17. The van der Waals surface area contributed by atoms with Crippen molar-refractivity contribution in [3.8, 4) is 0 Å². The Labute approximate surface area is 136 Å². The zero-order valence-electron chi connectivity index (χ0n) is 14.0. The van der Waals surface area contributed by atoms with E-state index in [1.54, 1.807) is 4.90 Å². The molecule has 2 aromatic heterocycles. The van der Waals surface area contributed by atoms with Crippen molar-refractivity contribution in [2.45, 2.75) is 33.0 Å². The maximum atomic E-state index is 12.1. The largest absolute Gasteiger partial charge is 0.361 e. The highest BCUT2D eigenvalue weighted by Crippen LogP contribution is 2.21. The van der Waals surface area contributed by atoms with Crippen LogP contribution in [0.1, 0.15) is 23.6 Å². The van der Waals surface area contributed by atoms with Crippen LogP contribution in [-0.4, -0.2) is 46.1 Å². The Kier molecular flexibility index (Phi) is 4.52. The molecule has 2 aromatic rings. The lowest BCUT2D eigenvalue weighted by Gasteiger charge is -2.23. The molecule has 0 radical (unpaired) electrons. The van der Waals surface area contributed by atoms with E-state index >= 15 is 0 Å². The van der Waals surface area contributed by atoms with Gasteiger partial charge in [0.25, 0.3) is 0 Å². The van der Waals surface area contributed by atoms with Crippen LogP contribution in [0.3, 0.4) is 0 Å². The first-order valence-electron chi connectivity index (χ1n) is 8.00. The van der Waals surface area contributed by atoms with Crippen molar-refractivity contribution in [2.75, 3.05) is 20.6 Å². The molecular weight excluding hydrogens is 292 g/mol. The first kappa shape index (κ1) is 15.8. The van der Waals surface area contributed by atoms with Gasteiger partial charge in [-0.1, -0.05) is 5.16 Å². The van der Waals surface area contributed by atoms with Crippen molar-refractivity contribution in [3.05, 3.63) is 41.5 Å². The molecule has 1 atom stereocenters. The number of nitrogens with zero attached hydrogens (tertiary/aromatic N) is 4. The van der Waals surface area contributed by atoms with Gasteiger partial charge in [0.2, 0.25) is 5.91 Å². The number of hydrogen-bond donors (Lipinski definition) is 0. The normalized spacial score (nSPS) is 18.5. The van der Waals surface area contributed by atoms with Gasteiger partial charge in [-0.25, -0.2) is 0 Å². The topological polar surface area (TPSA) is 54.5 Å². The zero-order valence-corrected chi connectivity index (χ0v) is 14.0.